The van der Waals surface area contributed by atoms with Gasteiger partial charge in [0, 0.05) is 12.6 Å². The van der Waals surface area contributed by atoms with Gasteiger partial charge in [0.1, 0.15) is 0 Å². The lowest BCUT2D eigenvalue weighted by Gasteiger charge is -2.37. The van der Waals surface area contributed by atoms with E-state index in [-0.39, 0.29) is 17.9 Å². The van der Waals surface area contributed by atoms with E-state index < -0.39 is 0 Å². The number of carbonyl (C=O) groups excluding carboxylic acids is 1. The van der Waals surface area contributed by atoms with E-state index in [4.69, 9.17) is 4.74 Å². The molecule has 0 aromatic heterocycles. The number of fused-ring (bicyclic) bond motifs is 2. The highest BCUT2D eigenvalue weighted by Crippen LogP contribution is 2.28. The summed E-state index contributed by atoms with van der Waals surface area (Å²) in [4.78, 5) is 11.3. The second kappa shape index (κ2) is 2.90. The topological polar surface area (TPSA) is 38.3 Å². The Bertz CT molecular complexity index is 225. The van der Waals surface area contributed by atoms with Crippen LogP contribution >= 0.6 is 0 Å². The maximum Gasteiger partial charge on any atom is 0.310 e. The van der Waals surface area contributed by atoms with Crippen molar-refractivity contribution in [2.75, 3.05) is 13.7 Å². The van der Waals surface area contributed by atoms with Crippen molar-refractivity contribution in [3.63, 3.8) is 0 Å². The van der Waals surface area contributed by atoms with E-state index >= 15 is 0 Å². The van der Waals surface area contributed by atoms with E-state index in [9.17, 15) is 4.79 Å². The van der Waals surface area contributed by atoms with Gasteiger partial charge >= 0.3 is 5.97 Å². The number of piperidine rings is 1. The van der Waals surface area contributed by atoms with Crippen molar-refractivity contribution in [3.05, 3.63) is 12.2 Å². The van der Waals surface area contributed by atoms with Crippen molar-refractivity contribution in [3.8, 4) is 0 Å². The monoisotopic (exact) mass is 167 g/mol. The Morgan fingerprint density at radius 1 is 1.58 bits per heavy atom. The number of hydrogen-bond donors (Lipinski definition) is 1. The molecule has 3 rings (SSSR count). The molecule has 3 aliphatic rings. The van der Waals surface area contributed by atoms with Gasteiger partial charge in [-0.25, -0.2) is 0 Å². The van der Waals surface area contributed by atoms with Crippen molar-refractivity contribution in [2.24, 2.45) is 11.8 Å². The van der Waals surface area contributed by atoms with E-state index in [0.717, 1.165) is 13.0 Å². The second-order valence-corrected chi connectivity index (χ2v) is 3.44. The number of nitrogens with one attached hydrogen (secondary N) is 1. The molecule has 0 radical (unpaired) electrons. The van der Waals surface area contributed by atoms with Crippen LogP contribution in [0.25, 0.3) is 0 Å². The molecule has 3 heteroatoms. The largest absolute Gasteiger partial charge is 0.469 e. The lowest BCUT2D eigenvalue weighted by molar-refractivity contribution is -0.147. The van der Waals surface area contributed by atoms with Crippen LogP contribution in [0.1, 0.15) is 6.42 Å². The van der Waals surface area contributed by atoms with Crippen LogP contribution in [0.15, 0.2) is 12.2 Å². The minimum absolute atomic E-state index is 0.0405. The first kappa shape index (κ1) is 7.80. The van der Waals surface area contributed by atoms with E-state index in [0.29, 0.717) is 5.92 Å². The molecule has 66 valence electrons. The Balaban J connectivity index is 2.11. The molecule has 3 atom stereocenters. The first-order chi connectivity index (χ1) is 5.81. The lowest BCUT2D eigenvalue weighted by Crippen LogP contribution is -2.50. The number of ether oxygens (including phenoxy) is 1. The van der Waals surface area contributed by atoms with Crippen LogP contribution in [0.2, 0.25) is 0 Å². The number of methoxy groups -OCH3 is 1. The van der Waals surface area contributed by atoms with Gasteiger partial charge in [0.15, 0.2) is 0 Å². The Labute approximate surface area is 71.8 Å². The fraction of sp³-hybridized carbons (Fsp3) is 0.667. The quantitative estimate of drug-likeness (QED) is 0.451. The molecule has 2 heterocycles. The average Bonchev–Trinajstić information content (AvgIpc) is 2.18. The molecule has 1 fully saturated rings. The van der Waals surface area contributed by atoms with Gasteiger partial charge in [0.25, 0.3) is 0 Å². The summed E-state index contributed by atoms with van der Waals surface area (Å²) in [5, 5.41) is 3.30. The second-order valence-electron chi connectivity index (χ2n) is 3.44. The van der Waals surface area contributed by atoms with Crippen LogP contribution in [0.4, 0.5) is 0 Å². The highest BCUT2D eigenvalue weighted by atomic mass is 16.5. The molecule has 12 heavy (non-hydrogen) atoms. The van der Waals surface area contributed by atoms with Crippen molar-refractivity contribution >= 4 is 5.97 Å². The molecule has 0 spiro atoms. The molecular weight excluding hydrogens is 154 g/mol. The van der Waals surface area contributed by atoms with Gasteiger partial charge in [-0.1, -0.05) is 12.2 Å². The standard InChI is InChI=1S/C9H13NO2/c1-12-9(11)7-4-6-2-3-8(7)10-5-6/h2-3,6-8,10H,4-5H2,1H3/t6-,7+,8+/m0/s1. The summed E-state index contributed by atoms with van der Waals surface area (Å²) in [6.07, 6.45) is 5.22. The molecule has 0 saturated carbocycles. The highest BCUT2D eigenvalue weighted by Gasteiger charge is 2.36. The minimum atomic E-state index is -0.0819. The number of esters is 1. The zero-order chi connectivity index (χ0) is 8.55. The van der Waals surface area contributed by atoms with Crippen molar-refractivity contribution in [1.82, 2.24) is 5.32 Å². The van der Waals surface area contributed by atoms with Gasteiger partial charge in [-0.05, 0) is 12.3 Å². The van der Waals surface area contributed by atoms with E-state index in [1.807, 2.05) is 0 Å². The lowest BCUT2D eigenvalue weighted by atomic mass is 9.79. The zero-order valence-corrected chi connectivity index (χ0v) is 7.12. The molecule has 2 bridgehead atoms. The minimum Gasteiger partial charge on any atom is -0.469 e. The number of rotatable bonds is 1. The van der Waals surface area contributed by atoms with Gasteiger partial charge in [-0.15, -0.1) is 0 Å². The molecule has 1 aliphatic carbocycles. The van der Waals surface area contributed by atoms with E-state index in [2.05, 4.69) is 17.5 Å². The number of carbonyl (C=O) groups is 1. The zero-order valence-electron chi connectivity index (χ0n) is 7.12. The van der Waals surface area contributed by atoms with Gasteiger partial charge < -0.3 is 10.1 Å². The van der Waals surface area contributed by atoms with Crippen LogP contribution in [0.3, 0.4) is 0 Å². The Hall–Kier alpha value is -0.830. The average molecular weight is 167 g/mol. The van der Waals surface area contributed by atoms with Crippen molar-refractivity contribution < 1.29 is 9.53 Å². The molecule has 0 unspecified atom stereocenters. The van der Waals surface area contributed by atoms with Crippen molar-refractivity contribution in [2.45, 2.75) is 12.5 Å². The predicted octanol–water partition coefficient (Wildman–Crippen LogP) is 0.323. The van der Waals surface area contributed by atoms with Crippen LogP contribution in [-0.4, -0.2) is 25.7 Å². The Kier molecular flexibility index (Phi) is 1.89. The molecule has 0 aromatic rings. The fourth-order valence-corrected chi connectivity index (χ4v) is 2.01. The summed E-state index contributed by atoms with van der Waals surface area (Å²) in [6.45, 7) is 1.01. The molecule has 1 saturated heterocycles. The first-order valence-electron chi connectivity index (χ1n) is 4.31. The molecule has 0 aromatic carbocycles. The summed E-state index contributed by atoms with van der Waals surface area (Å²) in [5.74, 6) is 0.486. The summed E-state index contributed by atoms with van der Waals surface area (Å²) < 4.78 is 4.73. The molecule has 0 amide bonds. The fourth-order valence-electron chi connectivity index (χ4n) is 2.01. The maximum absolute atomic E-state index is 11.3. The van der Waals surface area contributed by atoms with Crippen LogP contribution in [0.5, 0.6) is 0 Å². The van der Waals surface area contributed by atoms with Crippen molar-refractivity contribution in [1.29, 1.82) is 0 Å². The Morgan fingerprint density at radius 2 is 2.42 bits per heavy atom. The third-order valence-electron chi connectivity index (χ3n) is 2.70. The van der Waals surface area contributed by atoms with Gasteiger partial charge in [0.2, 0.25) is 0 Å². The van der Waals surface area contributed by atoms with E-state index in [1.165, 1.54) is 7.11 Å². The maximum atomic E-state index is 11.3. The summed E-state index contributed by atoms with van der Waals surface area (Å²) in [5.41, 5.74) is 0. The first-order valence-corrected chi connectivity index (χ1v) is 4.31. The highest BCUT2D eigenvalue weighted by molar-refractivity contribution is 5.74. The van der Waals surface area contributed by atoms with Gasteiger partial charge in [0.05, 0.1) is 13.0 Å². The van der Waals surface area contributed by atoms with Crippen LogP contribution < -0.4 is 5.32 Å². The third-order valence-corrected chi connectivity index (χ3v) is 2.70. The predicted molar refractivity (Wildman–Crippen MR) is 44.5 cm³/mol. The smallest absolute Gasteiger partial charge is 0.310 e. The molecule has 1 N–H and O–H groups in total. The summed E-state index contributed by atoms with van der Waals surface area (Å²) in [6, 6.07) is 0.211. The summed E-state index contributed by atoms with van der Waals surface area (Å²) >= 11 is 0. The summed E-state index contributed by atoms with van der Waals surface area (Å²) in [7, 11) is 1.45. The van der Waals surface area contributed by atoms with Gasteiger partial charge in [-0.3, -0.25) is 4.79 Å². The van der Waals surface area contributed by atoms with Gasteiger partial charge in [-0.2, -0.15) is 0 Å². The third kappa shape index (κ3) is 1.14. The van der Waals surface area contributed by atoms with E-state index in [1.54, 1.807) is 0 Å². The SMILES string of the molecule is COC(=O)[C@@H]1C[C@@H]2C=C[C@H]1NC2. The van der Waals surface area contributed by atoms with Crippen LogP contribution in [-0.2, 0) is 9.53 Å². The number of hydrogen-bond acceptors (Lipinski definition) is 3. The molecular formula is C9H13NO2. The molecule has 2 aliphatic heterocycles. The molecule has 3 nitrogen and oxygen atoms in total. The normalized spacial score (nSPS) is 38.2. The van der Waals surface area contributed by atoms with Crippen LogP contribution in [0, 0.1) is 11.8 Å². The Morgan fingerprint density at radius 3 is 2.83 bits per heavy atom.